The Balaban J connectivity index is 1.92. The Kier molecular flexibility index (Phi) is 5.90. The molecule has 1 aliphatic rings. The molecule has 0 aromatic carbocycles. The molecule has 0 radical (unpaired) electrons. The van der Waals surface area contributed by atoms with Crippen molar-refractivity contribution in [1.82, 2.24) is 4.90 Å². The molecule has 0 spiro atoms. The quantitative estimate of drug-likeness (QED) is 0.491. The maximum atomic E-state index is 11.3. The second-order valence-corrected chi connectivity index (χ2v) is 4.22. The van der Waals surface area contributed by atoms with Gasteiger partial charge in [-0.05, 0) is 19.3 Å². The van der Waals surface area contributed by atoms with Gasteiger partial charge in [-0.15, -0.1) is 0 Å². The summed E-state index contributed by atoms with van der Waals surface area (Å²) in [5.41, 5.74) is 0. The molecule has 92 valence electrons. The van der Waals surface area contributed by atoms with E-state index in [9.17, 15) is 9.59 Å². The molecule has 1 saturated heterocycles. The van der Waals surface area contributed by atoms with Crippen molar-refractivity contribution in [2.75, 3.05) is 20.2 Å². The zero-order valence-electron chi connectivity index (χ0n) is 10.0. The first-order valence-corrected chi connectivity index (χ1v) is 6.08. The molecule has 1 rings (SSSR count). The van der Waals surface area contributed by atoms with E-state index in [0.717, 1.165) is 51.6 Å². The molecule has 0 atom stereocenters. The molecule has 1 heterocycles. The number of nitrogens with zero attached hydrogens (tertiary/aromatic N) is 1. The van der Waals surface area contributed by atoms with Crippen molar-refractivity contribution in [1.29, 1.82) is 0 Å². The summed E-state index contributed by atoms with van der Waals surface area (Å²) in [5, 5.41) is 0. The van der Waals surface area contributed by atoms with E-state index >= 15 is 0 Å². The zero-order chi connectivity index (χ0) is 11.8. The smallest absolute Gasteiger partial charge is 0.305 e. The van der Waals surface area contributed by atoms with E-state index in [1.807, 2.05) is 4.90 Å². The fourth-order valence-electron chi connectivity index (χ4n) is 1.97. The standard InChI is InChI=1S/C12H21NO3/c1-16-12(15)8-4-2-3-5-9-13-10-6-7-11(13)14/h2-10H2,1H3. The molecule has 0 aliphatic carbocycles. The second-order valence-electron chi connectivity index (χ2n) is 4.22. The number of esters is 1. The molecule has 1 aliphatic heterocycles. The van der Waals surface area contributed by atoms with Crippen LogP contribution in [-0.2, 0) is 14.3 Å². The van der Waals surface area contributed by atoms with Gasteiger partial charge in [-0.3, -0.25) is 9.59 Å². The molecule has 16 heavy (non-hydrogen) atoms. The lowest BCUT2D eigenvalue weighted by atomic mass is 10.1. The van der Waals surface area contributed by atoms with Crippen LogP contribution in [0.5, 0.6) is 0 Å². The van der Waals surface area contributed by atoms with Crippen molar-refractivity contribution < 1.29 is 14.3 Å². The maximum Gasteiger partial charge on any atom is 0.305 e. The van der Waals surface area contributed by atoms with Gasteiger partial charge in [0.05, 0.1) is 7.11 Å². The molecule has 0 aromatic heterocycles. The molecular formula is C12H21NO3. The average molecular weight is 227 g/mol. The molecule has 0 unspecified atom stereocenters. The third-order valence-corrected chi connectivity index (χ3v) is 2.96. The summed E-state index contributed by atoms with van der Waals surface area (Å²) in [6.07, 6.45) is 6.31. The lowest BCUT2D eigenvalue weighted by Gasteiger charge is -2.14. The Labute approximate surface area is 96.9 Å². The Morgan fingerprint density at radius 3 is 2.69 bits per heavy atom. The highest BCUT2D eigenvalue weighted by atomic mass is 16.5. The first-order valence-electron chi connectivity index (χ1n) is 6.08. The van der Waals surface area contributed by atoms with Crippen molar-refractivity contribution in [3.63, 3.8) is 0 Å². The van der Waals surface area contributed by atoms with E-state index in [-0.39, 0.29) is 5.97 Å². The molecule has 1 amide bonds. The minimum atomic E-state index is -0.130. The number of methoxy groups -OCH3 is 1. The van der Waals surface area contributed by atoms with Gasteiger partial charge in [0.2, 0.25) is 5.91 Å². The Morgan fingerprint density at radius 1 is 1.31 bits per heavy atom. The first-order chi connectivity index (χ1) is 7.74. The fourth-order valence-corrected chi connectivity index (χ4v) is 1.97. The summed E-state index contributed by atoms with van der Waals surface area (Å²) in [5.74, 6) is 0.171. The highest BCUT2D eigenvalue weighted by Gasteiger charge is 2.18. The van der Waals surface area contributed by atoms with E-state index in [1.54, 1.807) is 0 Å². The van der Waals surface area contributed by atoms with Gasteiger partial charge in [0.15, 0.2) is 0 Å². The van der Waals surface area contributed by atoms with Crippen LogP contribution in [0.3, 0.4) is 0 Å². The van der Waals surface area contributed by atoms with Gasteiger partial charge in [-0.2, -0.15) is 0 Å². The van der Waals surface area contributed by atoms with Crippen LogP contribution in [0.2, 0.25) is 0 Å². The Bertz CT molecular complexity index is 240. The van der Waals surface area contributed by atoms with E-state index in [0.29, 0.717) is 12.3 Å². The van der Waals surface area contributed by atoms with Crippen LogP contribution in [0.4, 0.5) is 0 Å². The molecule has 4 nitrogen and oxygen atoms in total. The van der Waals surface area contributed by atoms with Crippen LogP contribution in [0.1, 0.15) is 44.9 Å². The number of carbonyl (C=O) groups is 2. The third-order valence-electron chi connectivity index (χ3n) is 2.96. The summed E-state index contributed by atoms with van der Waals surface area (Å²) >= 11 is 0. The molecule has 0 N–H and O–H groups in total. The van der Waals surface area contributed by atoms with Gasteiger partial charge in [0, 0.05) is 25.9 Å². The lowest BCUT2D eigenvalue weighted by Crippen LogP contribution is -2.25. The minimum Gasteiger partial charge on any atom is -0.469 e. The number of rotatable bonds is 7. The molecular weight excluding hydrogens is 206 g/mol. The van der Waals surface area contributed by atoms with Gasteiger partial charge in [-0.25, -0.2) is 0 Å². The van der Waals surface area contributed by atoms with E-state index in [2.05, 4.69) is 4.74 Å². The summed E-state index contributed by atoms with van der Waals surface area (Å²) in [7, 11) is 1.42. The monoisotopic (exact) mass is 227 g/mol. The van der Waals surface area contributed by atoms with Gasteiger partial charge in [-0.1, -0.05) is 12.8 Å². The first kappa shape index (κ1) is 13.0. The van der Waals surface area contributed by atoms with Crippen LogP contribution in [0.15, 0.2) is 0 Å². The number of amides is 1. The van der Waals surface area contributed by atoms with Crippen LogP contribution in [0, 0.1) is 0 Å². The lowest BCUT2D eigenvalue weighted by molar-refractivity contribution is -0.140. The van der Waals surface area contributed by atoms with Crippen LogP contribution in [-0.4, -0.2) is 37.0 Å². The van der Waals surface area contributed by atoms with E-state index in [4.69, 9.17) is 0 Å². The van der Waals surface area contributed by atoms with Crippen molar-refractivity contribution >= 4 is 11.9 Å². The van der Waals surface area contributed by atoms with E-state index in [1.165, 1.54) is 7.11 Å². The summed E-state index contributed by atoms with van der Waals surface area (Å²) < 4.78 is 4.56. The number of ether oxygens (including phenoxy) is 1. The average Bonchev–Trinajstić information content (AvgIpc) is 2.69. The second kappa shape index (κ2) is 7.25. The maximum absolute atomic E-state index is 11.3. The van der Waals surface area contributed by atoms with Gasteiger partial charge in [0.1, 0.15) is 0 Å². The predicted octanol–water partition coefficient (Wildman–Crippen LogP) is 1.73. The minimum absolute atomic E-state index is 0.130. The zero-order valence-corrected chi connectivity index (χ0v) is 10.0. The number of likely N-dealkylation sites (tertiary alicyclic amines) is 1. The van der Waals surface area contributed by atoms with Crippen LogP contribution < -0.4 is 0 Å². The predicted molar refractivity (Wildman–Crippen MR) is 60.9 cm³/mol. The Morgan fingerprint density at radius 2 is 2.06 bits per heavy atom. The van der Waals surface area contributed by atoms with Gasteiger partial charge in [0.25, 0.3) is 0 Å². The summed E-state index contributed by atoms with van der Waals surface area (Å²) in [4.78, 5) is 24.1. The van der Waals surface area contributed by atoms with Crippen molar-refractivity contribution in [3.05, 3.63) is 0 Å². The number of hydrogen-bond acceptors (Lipinski definition) is 3. The third kappa shape index (κ3) is 4.64. The summed E-state index contributed by atoms with van der Waals surface area (Å²) in [6.45, 7) is 1.82. The van der Waals surface area contributed by atoms with Crippen LogP contribution >= 0.6 is 0 Å². The number of carbonyl (C=O) groups excluding carboxylic acids is 2. The topological polar surface area (TPSA) is 46.6 Å². The molecule has 0 bridgehead atoms. The van der Waals surface area contributed by atoms with Gasteiger partial charge < -0.3 is 9.64 Å². The van der Waals surface area contributed by atoms with E-state index < -0.39 is 0 Å². The molecule has 4 heteroatoms. The normalized spacial score (nSPS) is 15.6. The van der Waals surface area contributed by atoms with Gasteiger partial charge >= 0.3 is 5.97 Å². The van der Waals surface area contributed by atoms with Crippen molar-refractivity contribution in [3.8, 4) is 0 Å². The van der Waals surface area contributed by atoms with Crippen LogP contribution in [0.25, 0.3) is 0 Å². The molecule has 0 aromatic rings. The molecule has 1 fully saturated rings. The highest BCUT2D eigenvalue weighted by Crippen LogP contribution is 2.11. The highest BCUT2D eigenvalue weighted by molar-refractivity contribution is 5.77. The Hall–Kier alpha value is -1.06. The molecule has 0 saturated carbocycles. The fraction of sp³-hybridized carbons (Fsp3) is 0.833. The van der Waals surface area contributed by atoms with Crippen molar-refractivity contribution in [2.45, 2.75) is 44.9 Å². The number of unbranched alkanes of at least 4 members (excludes halogenated alkanes) is 3. The van der Waals surface area contributed by atoms with Crippen molar-refractivity contribution in [2.24, 2.45) is 0 Å². The summed E-state index contributed by atoms with van der Waals surface area (Å²) in [6, 6.07) is 0. The SMILES string of the molecule is COC(=O)CCCCCCN1CCCC1=O. The number of hydrogen-bond donors (Lipinski definition) is 0. The largest absolute Gasteiger partial charge is 0.469 e.